The highest BCUT2D eigenvalue weighted by atomic mass is 35.5. The third-order valence-corrected chi connectivity index (χ3v) is 4.19. The molecule has 0 aliphatic heterocycles. The number of hydrogen-bond donors (Lipinski definition) is 2. The molecule has 1 unspecified atom stereocenters. The van der Waals surface area contributed by atoms with Crippen molar-refractivity contribution in [1.82, 2.24) is 0 Å². The van der Waals surface area contributed by atoms with Crippen LogP contribution in [0.2, 0.25) is 5.02 Å². The van der Waals surface area contributed by atoms with Crippen LogP contribution in [0.1, 0.15) is 5.56 Å². The molecule has 2 rings (SSSR count). The van der Waals surface area contributed by atoms with Crippen molar-refractivity contribution >= 4 is 39.7 Å². The Morgan fingerprint density at radius 1 is 1.19 bits per heavy atom. The molecule has 0 aliphatic carbocycles. The zero-order valence-corrected chi connectivity index (χ0v) is 12.8. The molecule has 1 atom stereocenters. The van der Waals surface area contributed by atoms with Crippen LogP contribution in [0.3, 0.4) is 0 Å². The summed E-state index contributed by atoms with van der Waals surface area (Å²) >= 11 is 5.79. The fraction of sp³-hybridized carbons (Fsp3) is 0.133. The summed E-state index contributed by atoms with van der Waals surface area (Å²) in [5.74, 6) is -0.0354. The number of nitrogens with one attached hydrogen (secondary N) is 1. The van der Waals surface area contributed by atoms with E-state index in [0.717, 1.165) is 5.56 Å². The first-order chi connectivity index (χ1) is 10.0. The largest absolute Gasteiger partial charge is 0.399 e. The molecule has 2 aromatic rings. The second-order valence-corrected chi connectivity index (χ2v) is 6.42. The minimum Gasteiger partial charge on any atom is -0.399 e. The first kappa shape index (κ1) is 15.5. The maximum Gasteiger partial charge on any atom is 0.237 e. The van der Waals surface area contributed by atoms with Gasteiger partial charge in [0.05, 0.1) is 0 Å². The van der Waals surface area contributed by atoms with Gasteiger partial charge in [0.25, 0.3) is 0 Å². The minimum absolute atomic E-state index is 0.0581. The number of anilines is 2. The lowest BCUT2D eigenvalue weighted by atomic mass is 10.2. The molecule has 0 aliphatic rings. The van der Waals surface area contributed by atoms with E-state index < -0.39 is 10.8 Å². The van der Waals surface area contributed by atoms with E-state index in [9.17, 15) is 9.00 Å². The van der Waals surface area contributed by atoms with Gasteiger partial charge < -0.3 is 11.1 Å². The van der Waals surface area contributed by atoms with E-state index in [1.54, 1.807) is 48.5 Å². The summed E-state index contributed by atoms with van der Waals surface area (Å²) in [5, 5.41) is 3.30. The number of benzene rings is 2. The molecular formula is C15H15ClN2O2S. The first-order valence-corrected chi connectivity index (χ1v) is 8.14. The zero-order valence-electron chi connectivity index (χ0n) is 11.2. The van der Waals surface area contributed by atoms with Gasteiger partial charge in [-0.25, -0.2) is 0 Å². The predicted octanol–water partition coefficient (Wildman–Crippen LogP) is 2.81. The van der Waals surface area contributed by atoms with E-state index in [1.807, 2.05) is 0 Å². The second-order valence-electron chi connectivity index (χ2n) is 4.53. The Bertz CT molecular complexity index is 659. The fourth-order valence-corrected chi connectivity index (χ4v) is 2.93. The smallest absolute Gasteiger partial charge is 0.237 e. The van der Waals surface area contributed by atoms with Crippen molar-refractivity contribution in [1.29, 1.82) is 0 Å². The molecule has 2 aromatic carbocycles. The summed E-state index contributed by atoms with van der Waals surface area (Å²) in [7, 11) is -1.27. The molecule has 0 saturated heterocycles. The Morgan fingerprint density at radius 3 is 2.57 bits per heavy atom. The van der Waals surface area contributed by atoms with Crippen molar-refractivity contribution in [3.63, 3.8) is 0 Å². The molecule has 0 bridgehead atoms. The maximum atomic E-state index is 12.0. The third-order valence-electron chi connectivity index (χ3n) is 2.70. The number of nitrogen functional groups attached to an aromatic ring is 1. The quantitative estimate of drug-likeness (QED) is 0.831. The van der Waals surface area contributed by atoms with Crippen LogP contribution in [0.25, 0.3) is 0 Å². The molecule has 0 spiro atoms. The van der Waals surface area contributed by atoms with Gasteiger partial charge in [0.15, 0.2) is 0 Å². The number of halogens is 1. The lowest BCUT2D eigenvalue weighted by Crippen LogP contribution is -2.20. The molecular weight excluding hydrogens is 308 g/mol. The Balaban J connectivity index is 1.87. The molecule has 6 heteroatoms. The highest BCUT2D eigenvalue weighted by Crippen LogP contribution is 2.13. The number of hydrogen-bond acceptors (Lipinski definition) is 3. The van der Waals surface area contributed by atoms with Crippen molar-refractivity contribution < 1.29 is 9.00 Å². The van der Waals surface area contributed by atoms with Gasteiger partial charge in [-0.1, -0.05) is 29.8 Å². The second kappa shape index (κ2) is 7.24. The van der Waals surface area contributed by atoms with E-state index in [-0.39, 0.29) is 11.7 Å². The van der Waals surface area contributed by atoms with Crippen molar-refractivity contribution in [2.75, 3.05) is 16.8 Å². The van der Waals surface area contributed by atoms with Gasteiger partial charge in [-0.3, -0.25) is 9.00 Å². The average molecular weight is 323 g/mol. The van der Waals surface area contributed by atoms with E-state index >= 15 is 0 Å². The molecule has 110 valence electrons. The van der Waals surface area contributed by atoms with Gasteiger partial charge in [0, 0.05) is 32.9 Å². The Morgan fingerprint density at radius 2 is 1.90 bits per heavy atom. The molecule has 0 radical (unpaired) electrons. The molecule has 4 nitrogen and oxygen atoms in total. The minimum atomic E-state index is -1.27. The van der Waals surface area contributed by atoms with Gasteiger partial charge in [-0.15, -0.1) is 0 Å². The third kappa shape index (κ3) is 5.21. The molecule has 0 aromatic heterocycles. The molecule has 0 heterocycles. The summed E-state index contributed by atoms with van der Waals surface area (Å²) in [6.07, 6.45) is 0. The molecule has 0 fully saturated rings. The summed E-state index contributed by atoms with van der Waals surface area (Å²) in [5.41, 5.74) is 7.68. The van der Waals surface area contributed by atoms with Crippen LogP contribution in [0.5, 0.6) is 0 Å². The van der Waals surface area contributed by atoms with Crippen LogP contribution in [-0.2, 0) is 21.3 Å². The van der Waals surface area contributed by atoms with Crippen molar-refractivity contribution in [3.05, 3.63) is 59.1 Å². The SMILES string of the molecule is Nc1cccc(NC(=O)CS(=O)Cc2ccc(Cl)cc2)c1. The normalized spacial score (nSPS) is 11.9. The van der Waals surface area contributed by atoms with Crippen molar-refractivity contribution in [3.8, 4) is 0 Å². The first-order valence-electron chi connectivity index (χ1n) is 6.28. The molecule has 1 amide bonds. The van der Waals surface area contributed by atoms with Crippen LogP contribution in [0.4, 0.5) is 11.4 Å². The standard InChI is InChI=1S/C15H15ClN2O2S/c16-12-6-4-11(5-7-12)9-21(20)10-15(19)18-14-3-1-2-13(17)8-14/h1-8H,9-10,17H2,(H,18,19). The summed E-state index contributed by atoms with van der Waals surface area (Å²) < 4.78 is 12.0. The predicted molar refractivity (Wildman–Crippen MR) is 87.6 cm³/mol. The van der Waals surface area contributed by atoms with Gasteiger partial charge in [-0.05, 0) is 35.9 Å². The summed E-state index contributed by atoms with van der Waals surface area (Å²) in [4.78, 5) is 11.8. The van der Waals surface area contributed by atoms with E-state index in [0.29, 0.717) is 22.2 Å². The molecule has 3 N–H and O–H groups in total. The van der Waals surface area contributed by atoms with E-state index in [2.05, 4.69) is 5.32 Å². The van der Waals surface area contributed by atoms with Crippen LogP contribution >= 0.6 is 11.6 Å². The molecule has 21 heavy (non-hydrogen) atoms. The average Bonchev–Trinajstić information content (AvgIpc) is 2.41. The van der Waals surface area contributed by atoms with Crippen LogP contribution < -0.4 is 11.1 Å². The van der Waals surface area contributed by atoms with Gasteiger partial charge >= 0.3 is 0 Å². The van der Waals surface area contributed by atoms with Gasteiger partial charge in [0.1, 0.15) is 5.75 Å². The number of carbonyl (C=O) groups is 1. The lowest BCUT2D eigenvalue weighted by molar-refractivity contribution is -0.113. The van der Waals surface area contributed by atoms with Crippen LogP contribution in [-0.4, -0.2) is 15.9 Å². The van der Waals surface area contributed by atoms with Gasteiger partial charge in [0.2, 0.25) is 5.91 Å². The Labute approximate surface area is 130 Å². The molecule has 0 saturated carbocycles. The van der Waals surface area contributed by atoms with Crippen LogP contribution in [0.15, 0.2) is 48.5 Å². The van der Waals surface area contributed by atoms with E-state index in [1.165, 1.54) is 0 Å². The Hall–Kier alpha value is -1.85. The highest BCUT2D eigenvalue weighted by Gasteiger charge is 2.09. The van der Waals surface area contributed by atoms with Crippen LogP contribution in [0, 0.1) is 0 Å². The summed E-state index contributed by atoms with van der Waals surface area (Å²) in [6, 6.07) is 13.9. The summed E-state index contributed by atoms with van der Waals surface area (Å²) in [6.45, 7) is 0. The van der Waals surface area contributed by atoms with Crippen molar-refractivity contribution in [2.45, 2.75) is 5.75 Å². The maximum absolute atomic E-state index is 12.0. The lowest BCUT2D eigenvalue weighted by Gasteiger charge is -2.06. The van der Waals surface area contributed by atoms with E-state index in [4.69, 9.17) is 17.3 Å². The zero-order chi connectivity index (χ0) is 15.2. The number of nitrogens with two attached hydrogens (primary N) is 1. The highest BCUT2D eigenvalue weighted by molar-refractivity contribution is 7.84. The topological polar surface area (TPSA) is 72.2 Å². The van der Waals surface area contributed by atoms with Gasteiger partial charge in [-0.2, -0.15) is 0 Å². The monoisotopic (exact) mass is 322 g/mol. The number of rotatable bonds is 5. The number of carbonyl (C=O) groups excluding carboxylic acids is 1. The Kier molecular flexibility index (Phi) is 5.36. The fourth-order valence-electron chi connectivity index (χ4n) is 1.78. The van der Waals surface area contributed by atoms with Crippen molar-refractivity contribution in [2.24, 2.45) is 0 Å². The number of amides is 1.